The lowest BCUT2D eigenvalue weighted by atomic mass is 9.96. The molecule has 1 atom stereocenters. The van der Waals surface area contributed by atoms with E-state index in [9.17, 15) is 23.1 Å². The van der Waals surface area contributed by atoms with Gasteiger partial charge in [-0.3, -0.25) is 9.48 Å². The van der Waals surface area contributed by atoms with Gasteiger partial charge in [-0.15, -0.1) is 0 Å². The number of carbonyl (C=O) groups excluding carboxylic acids is 1. The Labute approximate surface area is 153 Å². The van der Waals surface area contributed by atoms with Gasteiger partial charge >= 0.3 is 6.18 Å². The van der Waals surface area contributed by atoms with Crippen molar-refractivity contribution in [3.05, 3.63) is 66.4 Å². The Morgan fingerprint density at radius 3 is 2.52 bits per heavy atom. The van der Waals surface area contributed by atoms with E-state index in [1.807, 2.05) is 24.3 Å². The Morgan fingerprint density at radius 2 is 1.81 bits per heavy atom. The number of aliphatic hydroxyl groups excluding tert-OH is 1. The standard InChI is InChI=1S/C20H17F3N2O2/c1-13(26)16-7-2-3-8-17(16)14-5-4-6-15(11-14)18-9-10-25(24-18)12-19(27)20(21,22)23/h2-11,19,27H,12H2,1H3. The summed E-state index contributed by atoms with van der Waals surface area (Å²) in [6.45, 7) is 0.826. The van der Waals surface area contributed by atoms with Crippen molar-refractivity contribution in [2.45, 2.75) is 25.7 Å². The molecule has 0 bridgehead atoms. The maximum atomic E-state index is 12.5. The smallest absolute Gasteiger partial charge is 0.382 e. The Bertz CT molecular complexity index is 964. The average molecular weight is 374 g/mol. The summed E-state index contributed by atoms with van der Waals surface area (Å²) >= 11 is 0. The molecule has 3 rings (SSSR count). The number of alkyl halides is 3. The number of nitrogens with zero attached hydrogens (tertiary/aromatic N) is 2. The molecule has 0 saturated heterocycles. The van der Waals surface area contributed by atoms with Crippen molar-refractivity contribution in [3.63, 3.8) is 0 Å². The van der Waals surface area contributed by atoms with Crippen molar-refractivity contribution in [1.82, 2.24) is 9.78 Å². The van der Waals surface area contributed by atoms with Gasteiger partial charge in [0, 0.05) is 17.3 Å². The number of carbonyl (C=O) groups is 1. The van der Waals surface area contributed by atoms with Gasteiger partial charge in [-0.25, -0.2) is 0 Å². The van der Waals surface area contributed by atoms with Crippen LogP contribution >= 0.6 is 0 Å². The highest BCUT2D eigenvalue weighted by Crippen LogP contribution is 2.28. The first-order valence-electron chi connectivity index (χ1n) is 8.24. The molecule has 1 unspecified atom stereocenters. The second-order valence-corrected chi connectivity index (χ2v) is 6.16. The van der Waals surface area contributed by atoms with Gasteiger partial charge in [-0.05, 0) is 30.2 Å². The highest BCUT2D eigenvalue weighted by atomic mass is 19.4. The minimum atomic E-state index is -4.69. The van der Waals surface area contributed by atoms with E-state index < -0.39 is 18.8 Å². The normalized spacial score (nSPS) is 12.8. The summed E-state index contributed by atoms with van der Waals surface area (Å²) in [7, 11) is 0. The fourth-order valence-corrected chi connectivity index (χ4v) is 2.79. The van der Waals surface area contributed by atoms with Crippen molar-refractivity contribution in [2.24, 2.45) is 0 Å². The fraction of sp³-hybridized carbons (Fsp3) is 0.200. The predicted molar refractivity (Wildman–Crippen MR) is 95.2 cm³/mol. The van der Waals surface area contributed by atoms with E-state index in [-0.39, 0.29) is 5.78 Å². The summed E-state index contributed by atoms with van der Waals surface area (Å²) in [6, 6.07) is 16.1. The van der Waals surface area contributed by atoms with Gasteiger partial charge < -0.3 is 5.11 Å². The summed E-state index contributed by atoms with van der Waals surface area (Å²) in [5.74, 6) is -0.0542. The maximum absolute atomic E-state index is 12.5. The van der Waals surface area contributed by atoms with Crippen LogP contribution in [0, 0.1) is 0 Å². The summed E-state index contributed by atoms with van der Waals surface area (Å²) in [5, 5.41) is 13.3. The highest BCUT2D eigenvalue weighted by molar-refractivity contribution is 6.01. The molecule has 1 aromatic heterocycles. The first-order valence-corrected chi connectivity index (χ1v) is 8.24. The zero-order valence-electron chi connectivity index (χ0n) is 14.4. The first-order chi connectivity index (χ1) is 12.8. The molecule has 0 aliphatic rings. The zero-order valence-corrected chi connectivity index (χ0v) is 14.4. The van der Waals surface area contributed by atoms with Crippen LogP contribution in [-0.4, -0.2) is 33.0 Å². The Morgan fingerprint density at radius 1 is 1.11 bits per heavy atom. The number of rotatable bonds is 5. The molecule has 0 spiro atoms. The van der Waals surface area contributed by atoms with E-state index in [1.165, 1.54) is 13.1 Å². The SMILES string of the molecule is CC(=O)c1ccccc1-c1cccc(-c2ccn(CC(O)C(F)(F)F)n2)c1. The van der Waals surface area contributed by atoms with Crippen LogP contribution in [0.5, 0.6) is 0 Å². The van der Waals surface area contributed by atoms with Crippen molar-refractivity contribution in [1.29, 1.82) is 0 Å². The van der Waals surface area contributed by atoms with Gasteiger partial charge in [0.25, 0.3) is 0 Å². The minimum absolute atomic E-state index is 0.0542. The number of ketones is 1. The molecule has 7 heteroatoms. The molecule has 140 valence electrons. The lowest BCUT2D eigenvalue weighted by Gasteiger charge is -2.14. The van der Waals surface area contributed by atoms with Crippen molar-refractivity contribution in [3.8, 4) is 22.4 Å². The molecule has 0 aliphatic heterocycles. The molecule has 0 saturated carbocycles. The van der Waals surface area contributed by atoms with E-state index in [0.717, 1.165) is 15.8 Å². The van der Waals surface area contributed by atoms with Crippen molar-refractivity contribution >= 4 is 5.78 Å². The molecular weight excluding hydrogens is 357 g/mol. The Hall–Kier alpha value is -2.93. The summed E-state index contributed by atoms with van der Waals surface area (Å²) in [4.78, 5) is 11.9. The van der Waals surface area contributed by atoms with E-state index in [2.05, 4.69) is 5.10 Å². The van der Waals surface area contributed by atoms with Crippen LogP contribution < -0.4 is 0 Å². The first kappa shape index (κ1) is 18.8. The van der Waals surface area contributed by atoms with E-state index in [0.29, 0.717) is 16.8 Å². The summed E-state index contributed by atoms with van der Waals surface area (Å²) in [6.07, 6.45) is -5.78. The number of hydrogen-bond acceptors (Lipinski definition) is 3. The van der Waals surface area contributed by atoms with Crippen LogP contribution in [0.2, 0.25) is 0 Å². The Balaban J connectivity index is 1.90. The van der Waals surface area contributed by atoms with Crippen molar-refractivity contribution < 1.29 is 23.1 Å². The van der Waals surface area contributed by atoms with Gasteiger partial charge in [0.05, 0.1) is 12.2 Å². The number of aliphatic hydroxyl groups is 1. The van der Waals surface area contributed by atoms with Crippen LogP contribution in [0.25, 0.3) is 22.4 Å². The largest absolute Gasteiger partial charge is 0.416 e. The summed E-state index contributed by atoms with van der Waals surface area (Å²) in [5.41, 5.74) is 3.35. The van der Waals surface area contributed by atoms with Gasteiger partial charge in [0.1, 0.15) is 0 Å². The third-order valence-electron chi connectivity index (χ3n) is 4.15. The molecule has 0 radical (unpaired) electrons. The van der Waals surface area contributed by atoms with E-state index in [1.54, 1.807) is 30.3 Å². The van der Waals surface area contributed by atoms with Gasteiger partial charge in [-0.2, -0.15) is 18.3 Å². The molecule has 3 aromatic rings. The van der Waals surface area contributed by atoms with Gasteiger partial charge in [0.2, 0.25) is 0 Å². The lowest BCUT2D eigenvalue weighted by Crippen LogP contribution is -2.32. The zero-order chi connectivity index (χ0) is 19.6. The quantitative estimate of drug-likeness (QED) is 0.676. The van der Waals surface area contributed by atoms with Crippen LogP contribution in [0.3, 0.4) is 0 Å². The van der Waals surface area contributed by atoms with Crippen LogP contribution in [-0.2, 0) is 6.54 Å². The molecule has 27 heavy (non-hydrogen) atoms. The number of hydrogen-bond donors (Lipinski definition) is 1. The predicted octanol–water partition coefficient (Wildman–Crippen LogP) is 4.34. The molecule has 2 aromatic carbocycles. The van der Waals surface area contributed by atoms with Gasteiger partial charge in [-0.1, -0.05) is 42.5 Å². The topological polar surface area (TPSA) is 55.1 Å². The molecular formula is C20H17F3N2O2. The number of aromatic nitrogens is 2. The molecule has 0 amide bonds. The van der Waals surface area contributed by atoms with E-state index in [4.69, 9.17) is 0 Å². The molecule has 1 N–H and O–H groups in total. The van der Waals surface area contributed by atoms with Crippen LogP contribution in [0.4, 0.5) is 13.2 Å². The average Bonchev–Trinajstić information content (AvgIpc) is 3.09. The number of benzene rings is 2. The van der Waals surface area contributed by atoms with Crippen molar-refractivity contribution in [2.75, 3.05) is 0 Å². The van der Waals surface area contributed by atoms with E-state index >= 15 is 0 Å². The second kappa shape index (κ2) is 7.36. The molecule has 0 fully saturated rings. The molecule has 1 heterocycles. The van der Waals surface area contributed by atoms with Crippen LogP contribution in [0.1, 0.15) is 17.3 Å². The molecule has 4 nitrogen and oxygen atoms in total. The van der Waals surface area contributed by atoms with Crippen LogP contribution in [0.15, 0.2) is 60.8 Å². The molecule has 0 aliphatic carbocycles. The Kier molecular flexibility index (Phi) is 5.14. The monoisotopic (exact) mass is 374 g/mol. The fourth-order valence-electron chi connectivity index (χ4n) is 2.79. The maximum Gasteiger partial charge on any atom is 0.416 e. The number of Topliss-reactive ketones (excluding diaryl/α,β-unsaturated/α-hetero) is 1. The lowest BCUT2D eigenvalue weighted by molar-refractivity contribution is -0.208. The van der Waals surface area contributed by atoms with Gasteiger partial charge in [0.15, 0.2) is 11.9 Å². The number of halogens is 3. The third kappa shape index (κ3) is 4.25. The third-order valence-corrected chi connectivity index (χ3v) is 4.15. The summed E-state index contributed by atoms with van der Waals surface area (Å²) < 4.78 is 38.5. The highest BCUT2D eigenvalue weighted by Gasteiger charge is 2.38. The minimum Gasteiger partial charge on any atom is -0.382 e. The second-order valence-electron chi connectivity index (χ2n) is 6.16.